The Labute approximate surface area is 187 Å². The normalized spacial score (nSPS) is 11.5. The van der Waals surface area contributed by atoms with Gasteiger partial charge in [0.15, 0.2) is 11.2 Å². The van der Waals surface area contributed by atoms with Gasteiger partial charge < -0.3 is 0 Å². The summed E-state index contributed by atoms with van der Waals surface area (Å²) in [5.41, 5.74) is 4.31. The Hall–Kier alpha value is -3.36. The number of imidazole rings is 1. The van der Waals surface area contributed by atoms with Crippen LogP contribution in [0.2, 0.25) is 10.0 Å². The van der Waals surface area contributed by atoms with Crippen LogP contribution >= 0.6 is 23.2 Å². The first kappa shape index (κ1) is 20.9. The lowest BCUT2D eigenvalue weighted by atomic mass is 10.2. The number of rotatable bonds is 5. The van der Waals surface area contributed by atoms with E-state index in [-0.39, 0.29) is 5.65 Å². The molecule has 0 saturated carbocycles. The Kier molecular flexibility index (Phi) is 5.67. The zero-order valence-corrected chi connectivity index (χ0v) is 18.2. The fraction of sp³-hybridized carbons (Fsp3) is 0.143. The number of hydrogen-bond acceptors (Lipinski definition) is 5. The maximum Gasteiger partial charge on any atom is 0.332 e. The van der Waals surface area contributed by atoms with E-state index in [1.165, 1.54) is 11.6 Å². The molecular formula is C21H18Cl2N6O2. The van der Waals surface area contributed by atoms with E-state index in [4.69, 9.17) is 23.2 Å². The van der Waals surface area contributed by atoms with Crippen LogP contribution in [0.5, 0.6) is 0 Å². The number of aryl methyl sites for hydroxylation is 1. The number of halogens is 2. The molecule has 4 rings (SSSR count). The highest BCUT2D eigenvalue weighted by Crippen LogP contribution is 2.19. The molecule has 0 amide bonds. The molecule has 0 fully saturated rings. The molecule has 2 heterocycles. The predicted molar refractivity (Wildman–Crippen MR) is 123 cm³/mol. The van der Waals surface area contributed by atoms with Crippen molar-refractivity contribution in [3.8, 4) is 0 Å². The van der Waals surface area contributed by atoms with Crippen molar-refractivity contribution in [1.29, 1.82) is 0 Å². The SMILES string of the molecule is Cn1c(=O)c2c(nc(N/N=C\c3ccc(Cl)cc3)n2Cc2ccc(Cl)cc2)n(C)c1=O. The number of nitrogens with zero attached hydrogens (tertiary/aromatic N) is 5. The lowest BCUT2D eigenvalue weighted by Crippen LogP contribution is -2.37. The van der Waals surface area contributed by atoms with E-state index in [9.17, 15) is 9.59 Å². The summed E-state index contributed by atoms with van der Waals surface area (Å²) in [6.07, 6.45) is 1.61. The lowest BCUT2D eigenvalue weighted by Gasteiger charge is -2.09. The Morgan fingerprint density at radius 1 is 0.968 bits per heavy atom. The molecule has 0 atom stereocenters. The molecule has 0 unspecified atom stereocenters. The molecule has 31 heavy (non-hydrogen) atoms. The van der Waals surface area contributed by atoms with Gasteiger partial charge in [0, 0.05) is 24.1 Å². The second-order valence-corrected chi connectivity index (χ2v) is 7.82. The van der Waals surface area contributed by atoms with Crippen molar-refractivity contribution in [2.24, 2.45) is 19.2 Å². The number of fused-ring (bicyclic) bond motifs is 1. The monoisotopic (exact) mass is 456 g/mol. The zero-order valence-electron chi connectivity index (χ0n) is 16.7. The van der Waals surface area contributed by atoms with Gasteiger partial charge in [-0.25, -0.2) is 10.2 Å². The average Bonchev–Trinajstić information content (AvgIpc) is 3.12. The fourth-order valence-electron chi connectivity index (χ4n) is 3.17. The van der Waals surface area contributed by atoms with Crippen molar-refractivity contribution < 1.29 is 0 Å². The minimum Gasteiger partial charge on any atom is -0.298 e. The summed E-state index contributed by atoms with van der Waals surface area (Å²) in [7, 11) is 3.01. The molecule has 1 N–H and O–H groups in total. The van der Waals surface area contributed by atoms with Crippen LogP contribution in [-0.4, -0.2) is 24.9 Å². The third-order valence-electron chi connectivity index (χ3n) is 4.85. The van der Waals surface area contributed by atoms with Crippen LogP contribution in [0.3, 0.4) is 0 Å². The zero-order chi connectivity index (χ0) is 22.1. The van der Waals surface area contributed by atoms with Gasteiger partial charge in [0.1, 0.15) is 0 Å². The van der Waals surface area contributed by atoms with Gasteiger partial charge in [-0.2, -0.15) is 10.1 Å². The first-order valence-corrected chi connectivity index (χ1v) is 10.1. The minimum absolute atomic E-state index is 0.270. The number of benzene rings is 2. The largest absolute Gasteiger partial charge is 0.332 e. The Bertz CT molecular complexity index is 1400. The molecule has 8 nitrogen and oxygen atoms in total. The average molecular weight is 457 g/mol. The molecular weight excluding hydrogens is 439 g/mol. The lowest BCUT2D eigenvalue weighted by molar-refractivity contribution is 0.702. The van der Waals surface area contributed by atoms with Gasteiger partial charge in [0.25, 0.3) is 5.56 Å². The Morgan fingerprint density at radius 2 is 1.58 bits per heavy atom. The number of aromatic nitrogens is 4. The van der Waals surface area contributed by atoms with Gasteiger partial charge >= 0.3 is 5.69 Å². The van der Waals surface area contributed by atoms with Gasteiger partial charge in [0.2, 0.25) is 5.95 Å². The molecule has 0 aliphatic heterocycles. The first-order valence-electron chi connectivity index (χ1n) is 9.30. The van der Waals surface area contributed by atoms with Crippen LogP contribution in [0, 0.1) is 0 Å². The van der Waals surface area contributed by atoms with Crippen LogP contribution in [0.25, 0.3) is 11.2 Å². The van der Waals surface area contributed by atoms with E-state index in [1.807, 2.05) is 24.3 Å². The second-order valence-electron chi connectivity index (χ2n) is 6.95. The molecule has 2 aromatic heterocycles. The molecule has 4 aromatic rings. The van der Waals surface area contributed by atoms with E-state index >= 15 is 0 Å². The van der Waals surface area contributed by atoms with E-state index in [1.54, 1.807) is 42.1 Å². The number of nitrogens with one attached hydrogen (secondary N) is 1. The van der Waals surface area contributed by atoms with Crippen molar-refractivity contribution in [3.63, 3.8) is 0 Å². The summed E-state index contributed by atoms with van der Waals surface area (Å²) in [4.78, 5) is 29.7. The topological polar surface area (TPSA) is 86.2 Å². The highest BCUT2D eigenvalue weighted by atomic mass is 35.5. The minimum atomic E-state index is -0.454. The number of anilines is 1. The molecule has 0 saturated heterocycles. The maximum atomic E-state index is 12.9. The Balaban J connectivity index is 1.80. The molecule has 2 aromatic carbocycles. The molecule has 0 aliphatic rings. The maximum absolute atomic E-state index is 12.9. The molecule has 158 valence electrons. The summed E-state index contributed by atoms with van der Waals surface area (Å²) in [5.74, 6) is 0.327. The van der Waals surface area contributed by atoms with Gasteiger partial charge in [0.05, 0.1) is 12.8 Å². The van der Waals surface area contributed by atoms with E-state index in [2.05, 4.69) is 15.5 Å². The van der Waals surface area contributed by atoms with Crippen molar-refractivity contribution in [1.82, 2.24) is 18.7 Å². The first-order chi connectivity index (χ1) is 14.8. The fourth-order valence-corrected chi connectivity index (χ4v) is 3.42. The summed E-state index contributed by atoms with van der Waals surface area (Å²) in [6, 6.07) is 14.4. The number of hydrogen-bond donors (Lipinski definition) is 1. The van der Waals surface area contributed by atoms with E-state index < -0.39 is 11.2 Å². The van der Waals surface area contributed by atoms with E-state index in [0.29, 0.717) is 28.1 Å². The van der Waals surface area contributed by atoms with Gasteiger partial charge in [-0.1, -0.05) is 47.5 Å². The van der Waals surface area contributed by atoms with Gasteiger partial charge in [-0.05, 0) is 35.4 Å². The van der Waals surface area contributed by atoms with Crippen LogP contribution in [0.15, 0.2) is 63.2 Å². The third-order valence-corrected chi connectivity index (χ3v) is 5.35. The highest BCUT2D eigenvalue weighted by Gasteiger charge is 2.19. The van der Waals surface area contributed by atoms with Gasteiger partial charge in [-0.15, -0.1) is 0 Å². The van der Waals surface area contributed by atoms with E-state index in [0.717, 1.165) is 15.7 Å². The van der Waals surface area contributed by atoms with Crippen LogP contribution in [0.1, 0.15) is 11.1 Å². The Morgan fingerprint density at radius 3 is 2.23 bits per heavy atom. The highest BCUT2D eigenvalue weighted by molar-refractivity contribution is 6.30. The van der Waals surface area contributed by atoms with Gasteiger partial charge in [-0.3, -0.25) is 18.5 Å². The quantitative estimate of drug-likeness (QED) is 0.368. The van der Waals surface area contributed by atoms with Crippen LogP contribution < -0.4 is 16.7 Å². The van der Waals surface area contributed by atoms with Crippen molar-refractivity contribution in [2.45, 2.75) is 6.54 Å². The summed E-state index contributed by atoms with van der Waals surface area (Å²) < 4.78 is 4.09. The standard InChI is InChI=1S/C21H18Cl2N6O2/c1-27-18-17(19(30)28(2)21(27)31)29(12-14-5-9-16(23)10-6-14)20(25-18)26-24-11-13-3-7-15(22)8-4-13/h3-11H,12H2,1-2H3,(H,25,26)/b24-11-. The second kappa shape index (κ2) is 8.41. The molecule has 10 heteroatoms. The summed E-state index contributed by atoms with van der Waals surface area (Å²) in [5, 5.41) is 5.48. The molecule has 0 bridgehead atoms. The third kappa shape index (κ3) is 4.12. The number of hydrazone groups is 1. The van der Waals surface area contributed by atoms with Crippen molar-refractivity contribution in [2.75, 3.05) is 5.43 Å². The molecule has 0 spiro atoms. The van der Waals surface area contributed by atoms with Crippen molar-refractivity contribution in [3.05, 3.63) is 90.5 Å². The van der Waals surface area contributed by atoms with Crippen molar-refractivity contribution >= 4 is 46.5 Å². The van der Waals surface area contributed by atoms with Crippen LogP contribution in [0.4, 0.5) is 5.95 Å². The van der Waals surface area contributed by atoms with Crippen LogP contribution in [-0.2, 0) is 20.6 Å². The molecule has 0 aliphatic carbocycles. The predicted octanol–water partition coefficient (Wildman–Crippen LogP) is 3.23. The smallest absolute Gasteiger partial charge is 0.298 e. The summed E-state index contributed by atoms with van der Waals surface area (Å²) >= 11 is 11.9. The summed E-state index contributed by atoms with van der Waals surface area (Å²) in [6.45, 7) is 0.333. The molecule has 0 radical (unpaired) electrons.